The average molecular weight is 169 g/mol. The van der Waals surface area contributed by atoms with Crippen molar-refractivity contribution in [2.24, 2.45) is 11.7 Å². The van der Waals surface area contributed by atoms with Crippen molar-refractivity contribution >= 4 is 0 Å². The van der Waals surface area contributed by atoms with Gasteiger partial charge in [-0.3, -0.25) is 0 Å². The Morgan fingerprint density at radius 3 is 1.82 bits per heavy atom. The minimum absolute atomic E-state index is 0.327. The fourth-order valence-electron chi connectivity index (χ4n) is 0.680. The van der Waals surface area contributed by atoms with E-state index in [2.05, 4.69) is 0 Å². The minimum atomic E-state index is -4.18. The van der Waals surface area contributed by atoms with Gasteiger partial charge in [0.15, 0.2) is 0 Å². The Morgan fingerprint density at radius 2 is 1.73 bits per heavy atom. The van der Waals surface area contributed by atoms with Crippen LogP contribution < -0.4 is 5.73 Å². The third kappa shape index (κ3) is 2.69. The molecule has 0 saturated heterocycles. The summed E-state index contributed by atoms with van der Waals surface area (Å²) in [4.78, 5) is 0. The lowest BCUT2D eigenvalue weighted by molar-refractivity contribution is -0.185. The highest BCUT2D eigenvalue weighted by atomic mass is 19.4. The molecule has 1 nitrogen and oxygen atoms in total. The third-order valence-electron chi connectivity index (χ3n) is 2.24. The largest absolute Gasteiger partial charge is 0.393 e. The highest BCUT2D eigenvalue weighted by molar-refractivity contribution is 4.86. The lowest BCUT2D eigenvalue weighted by atomic mass is 9.85. The van der Waals surface area contributed by atoms with Crippen molar-refractivity contribution in [2.75, 3.05) is 0 Å². The summed E-state index contributed by atoms with van der Waals surface area (Å²) in [5, 5.41) is 0. The molecule has 0 rings (SSSR count). The molecule has 1 unspecified atom stereocenters. The van der Waals surface area contributed by atoms with Gasteiger partial charge in [-0.25, -0.2) is 0 Å². The number of rotatable bonds is 2. The van der Waals surface area contributed by atoms with E-state index < -0.39 is 17.6 Å². The Labute approximate surface area is 64.8 Å². The molecule has 0 amide bonds. The van der Waals surface area contributed by atoms with Crippen LogP contribution in [-0.4, -0.2) is 11.7 Å². The first kappa shape index (κ1) is 10.8. The van der Waals surface area contributed by atoms with Gasteiger partial charge in [-0.1, -0.05) is 13.8 Å². The van der Waals surface area contributed by atoms with Gasteiger partial charge < -0.3 is 5.73 Å². The van der Waals surface area contributed by atoms with E-state index in [1.54, 1.807) is 6.92 Å². The molecule has 0 aliphatic heterocycles. The van der Waals surface area contributed by atoms with Gasteiger partial charge >= 0.3 is 6.18 Å². The maximum atomic E-state index is 12.1. The standard InChI is InChI=1S/C7H14F3N/c1-4-6(3,11)5(2)7(8,9)10/h5H,4,11H2,1-3H3/t5-,6?/m1/s1. The zero-order valence-electron chi connectivity index (χ0n) is 7.00. The number of hydrogen-bond donors (Lipinski definition) is 1. The van der Waals surface area contributed by atoms with E-state index in [1.165, 1.54) is 6.92 Å². The van der Waals surface area contributed by atoms with Crippen LogP contribution in [0.4, 0.5) is 13.2 Å². The predicted octanol–water partition coefficient (Wildman–Crippen LogP) is 2.31. The molecule has 0 fully saturated rings. The third-order valence-corrected chi connectivity index (χ3v) is 2.24. The monoisotopic (exact) mass is 169 g/mol. The molecule has 68 valence electrons. The van der Waals surface area contributed by atoms with Crippen LogP contribution in [0, 0.1) is 5.92 Å². The summed E-state index contributed by atoms with van der Waals surface area (Å²) in [7, 11) is 0. The fraction of sp³-hybridized carbons (Fsp3) is 1.00. The average Bonchev–Trinajstić information content (AvgIpc) is 1.84. The van der Waals surface area contributed by atoms with Crippen molar-refractivity contribution in [1.29, 1.82) is 0 Å². The van der Waals surface area contributed by atoms with Crippen LogP contribution in [-0.2, 0) is 0 Å². The molecule has 0 aromatic carbocycles. The Morgan fingerprint density at radius 1 is 1.36 bits per heavy atom. The molecule has 4 heteroatoms. The van der Waals surface area contributed by atoms with Gasteiger partial charge in [0, 0.05) is 5.54 Å². The first-order valence-corrected chi connectivity index (χ1v) is 3.57. The summed E-state index contributed by atoms with van der Waals surface area (Å²) in [6, 6.07) is 0. The zero-order valence-corrected chi connectivity index (χ0v) is 7.00. The van der Waals surface area contributed by atoms with Crippen LogP contribution in [0.25, 0.3) is 0 Å². The molecule has 0 aliphatic carbocycles. The first-order valence-electron chi connectivity index (χ1n) is 3.57. The topological polar surface area (TPSA) is 26.0 Å². The quantitative estimate of drug-likeness (QED) is 0.674. The molecule has 0 heterocycles. The minimum Gasteiger partial charge on any atom is -0.325 e. The van der Waals surface area contributed by atoms with Crippen molar-refractivity contribution in [1.82, 2.24) is 0 Å². The number of nitrogens with two attached hydrogens (primary N) is 1. The van der Waals surface area contributed by atoms with Crippen LogP contribution in [0.5, 0.6) is 0 Å². The van der Waals surface area contributed by atoms with Gasteiger partial charge in [0.1, 0.15) is 0 Å². The van der Waals surface area contributed by atoms with E-state index in [0.29, 0.717) is 6.42 Å². The molecule has 0 aliphatic rings. The highest BCUT2D eigenvalue weighted by Gasteiger charge is 2.44. The SMILES string of the molecule is CCC(C)(N)[C@@H](C)C(F)(F)F. The number of hydrogen-bond acceptors (Lipinski definition) is 1. The molecule has 0 aromatic heterocycles. The second-order valence-electron chi connectivity index (χ2n) is 3.12. The van der Waals surface area contributed by atoms with Crippen molar-refractivity contribution in [3.63, 3.8) is 0 Å². The Kier molecular flexibility index (Phi) is 2.94. The van der Waals surface area contributed by atoms with Crippen molar-refractivity contribution < 1.29 is 13.2 Å². The van der Waals surface area contributed by atoms with Crippen molar-refractivity contribution in [3.05, 3.63) is 0 Å². The zero-order chi connectivity index (χ0) is 9.28. The molecule has 0 bridgehead atoms. The molecule has 2 atom stereocenters. The van der Waals surface area contributed by atoms with Crippen LogP contribution in [0.15, 0.2) is 0 Å². The second-order valence-corrected chi connectivity index (χ2v) is 3.12. The van der Waals surface area contributed by atoms with E-state index in [1.807, 2.05) is 0 Å². The Bertz CT molecular complexity index is 128. The summed E-state index contributed by atoms with van der Waals surface area (Å²) in [6.07, 6.45) is -3.85. The smallest absolute Gasteiger partial charge is 0.325 e. The molecule has 0 aromatic rings. The molecule has 0 spiro atoms. The molecule has 0 saturated carbocycles. The summed E-state index contributed by atoms with van der Waals surface area (Å²) >= 11 is 0. The van der Waals surface area contributed by atoms with Gasteiger partial charge in [0.05, 0.1) is 5.92 Å². The number of alkyl halides is 3. The molecular formula is C7H14F3N. The maximum Gasteiger partial charge on any atom is 0.393 e. The van der Waals surface area contributed by atoms with Crippen LogP contribution >= 0.6 is 0 Å². The second kappa shape index (κ2) is 3.01. The fourth-order valence-corrected chi connectivity index (χ4v) is 0.680. The lowest BCUT2D eigenvalue weighted by Gasteiger charge is -2.31. The van der Waals surface area contributed by atoms with Gasteiger partial charge in [0.25, 0.3) is 0 Å². The summed E-state index contributed by atoms with van der Waals surface area (Å²) < 4.78 is 36.2. The van der Waals surface area contributed by atoms with Crippen LogP contribution in [0.2, 0.25) is 0 Å². The first-order chi connectivity index (χ1) is 4.72. The van der Waals surface area contributed by atoms with E-state index in [0.717, 1.165) is 6.92 Å². The van der Waals surface area contributed by atoms with Crippen LogP contribution in [0.1, 0.15) is 27.2 Å². The normalized spacial score (nSPS) is 21.0. The lowest BCUT2D eigenvalue weighted by Crippen LogP contribution is -2.48. The summed E-state index contributed by atoms with van der Waals surface area (Å²) in [6.45, 7) is 4.19. The van der Waals surface area contributed by atoms with E-state index in [9.17, 15) is 13.2 Å². The van der Waals surface area contributed by atoms with Gasteiger partial charge in [-0.2, -0.15) is 13.2 Å². The van der Waals surface area contributed by atoms with Gasteiger partial charge in [-0.15, -0.1) is 0 Å². The van der Waals surface area contributed by atoms with Crippen LogP contribution in [0.3, 0.4) is 0 Å². The van der Waals surface area contributed by atoms with E-state index in [4.69, 9.17) is 5.73 Å². The van der Waals surface area contributed by atoms with Crippen molar-refractivity contribution in [2.45, 2.75) is 38.9 Å². The molecule has 2 N–H and O–H groups in total. The summed E-state index contributed by atoms with van der Waals surface area (Å²) in [5.41, 5.74) is 4.29. The summed E-state index contributed by atoms with van der Waals surface area (Å²) in [5.74, 6) is -1.44. The Balaban J connectivity index is 4.35. The predicted molar refractivity (Wildman–Crippen MR) is 38.1 cm³/mol. The van der Waals surface area contributed by atoms with E-state index >= 15 is 0 Å². The molecule has 0 radical (unpaired) electrons. The molecule has 11 heavy (non-hydrogen) atoms. The molecular weight excluding hydrogens is 155 g/mol. The highest BCUT2D eigenvalue weighted by Crippen LogP contribution is 2.34. The number of halogens is 3. The van der Waals surface area contributed by atoms with Gasteiger partial charge in [-0.05, 0) is 13.3 Å². The van der Waals surface area contributed by atoms with E-state index in [-0.39, 0.29) is 0 Å². The Hall–Kier alpha value is -0.250. The van der Waals surface area contributed by atoms with Gasteiger partial charge in [0.2, 0.25) is 0 Å². The van der Waals surface area contributed by atoms with Crippen molar-refractivity contribution in [3.8, 4) is 0 Å². The maximum absolute atomic E-state index is 12.1.